The van der Waals surface area contributed by atoms with Crippen LogP contribution in [0.25, 0.3) is 0 Å². The molecule has 0 amide bonds. The molecule has 0 aliphatic carbocycles. The van der Waals surface area contributed by atoms with Gasteiger partial charge < -0.3 is 20.2 Å². The van der Waals surface area contributed by atoms with E-state index in [-0.39, 0.29) is 18.5 Å². The maximum Gasteiger partial charge on any atom is 0.231 e. The summed E-state index contributed by atoms with van der Waals surface area (Å²) in [6, 6.07) is 10.1. The molecule has 2 aliphatic heterocycles. The van der Waals surface area contributed by atoms with Crippen molar-refractivity contribution in [3.63, 3.8) is 0 Å². The number of hydrogen-bond acceptors (Lipinski definition) is 8. The Balaban J connectivity index is 0.00000124. The minimum Gasteiger partial charge on any atom is -0.454 e. The first-order valence-corrected chi connectivity index (χ1v) is 10.6. The van der Waals surface area contributed by atoms with Gasteiger partial charge in [0.25, 0.3) is 0 Å². The van der Waals surface area contributed by atoms with Gasteiger partial charge in [-0.05, 0) is 24.1 Å². The van der Waals surface area contributed by atoms with Gasteiger partial charge in [0.1, 0.15) is 22.6 Å². The van der Waals surface area contributed by atoms with Crippen LogP contribution in [0.15, 0.2) is 46.2 Å². The van der Waals surface area contributed by atoms with Gasteiger partial charge >= 0.3 is 0 Å². The molecule has 1 aromatic heterocycles. The van der Waals surface area contributed by atoms with Crippen LogP contribution in [-0.2, 0) is 5.75 Å². The molecule has 0 saturated heterocycles. The highest BCUT2D eigenvalue weighted by Gasteiger charge is 2.31. The number of amidine groups is 1. The molecular formula is C21H22N6O2S. The van der Waals surface area contributed by atoms with E-state index >= 15 is 0 Å². The summed E-state index contributed by atoms with van der Waals surface area (Å²) in [7, 11) is 0. The third-order valence-electron chi connectivity index (χ3n) is 4.61. The maximum atomic E-state index is 9.92. The Kier molecular flexibility index (Phi) is 6.99. The van der Waals surface area contributed by atoms with Gasteiger partial charge in [0.05, 0.1) is 23.5 Å². The monoisotopic (exact) mass is 422 g/mol. The first kappa shape index (κ1) is 21.3. The van der Waals surface area contributed by atoms with Gasteiger partial charge in [0, 0.05) is 18.3 Å². The quantitative estimate of drug-likeness (QED) is 0.765. The van der Waals surface area contributed by atoms with E-state index in [2.05, 4.69) is 27.1 Å². The van der Waals surface area contributed by atoms with Crippen LogP contribution in [0.1, 0.15) is 37.6 Å². The van der Waals surface area contributed by atoms with Gasteiger partial charge in [0.2, 0.25) is 6.79 Å². The zero-order valence-electron chi connectivity index (χ0n) is 16.8. The van der Waals surface area contributed by atoms with Crippen molar-refractivity contribution in [3.8, 4) is 23.6 Å². The fraction of sp³-hybridized carbons (Fsp3) is 0.333. The zero-order chi connectivity index (χ0) is 21.5. The van der Waals surface area contributed by atoms with Crippen molar-refractivity contribution in [1.29, 1.82) is 10.5 Å². The largest absolute Gasteiger partial charge is 0.454 e. The number of hydrogen-bond donors (Lipinski definition) is 2. The summed E-state index contributed by atoms with van der Waals surface area (Å²) in [5.74, 6) is 1.89. The van der Waals surface area contributed by atoms with Crippen molar-refractivity contribution in [2.45, 2.75) is 31.9 Å². The third-order valence-corrected chi connectivity index (χ3v) is 5.62. The van der Waals surface area contributed by atoms with E-state index in [1.807, 2.05) is 32.0 Å². The van der Waals surface area contributed by atoms with E-state index in [0.717, 1.165) is 11.4 Å². The summed E-state index contributed by atoms with van der Waals surface area (Å²) in [4.78, 5) is 11.6. The van der Waals surface area contributed by atoms with E-state index in [1.165, 1.54) is 11.8 Å². The number of ether oxygens (including phenoxy) is 2. The number of rotatable bonds is 4. The minimum absolute atomic E-state index is 0.172. The van der Waals surface area contributed by atoms with Crippen LogP contribution in [0, 0.1) is 28.6 Å². The highest BCUT2D eigenvalue weighted by atomic mass is 32.2. The average molecular weight is 423 g/mol. The fourth-order valence-electron chi connectivity index (χ4n) is 3.18. The zero-order valence-corrected chi connectivity index (χ0v) is 17.6. The van der Waals surface area contributed by atoms with Crippen molar-refractivity contribution >= 4 is 17.6 Å². The lowest BCUT2D eigenvalue weighted by atomic mass is 9.84. The highest BCUT2D eigenvalue weighted by Crippen LogP contribution is 2.42. The second-order valence-electron chi connectivity index (χ2n) is 6.27. The molecule has 0 saturated carbocycles. The van der Waals surface area contributed by atoms with E-state index in [1.54, 1.807) is 12.4 Å². The summed E-state index contributed by atoms with van der Waals surface area (Å²) >= 11 is 1.37. The number of aromatic nitrogens is 2. The lowest BCUT2D eigenvalue weighted by molar-refractivity contribution is 0.174. The van der Waals surface area contributed by atoms with Crippen LogP contribution < -0.4 is 15.2 Å². The number of benzene rings is 1. The number of aliphatic imine (C=N–C) groups is 1. The molecular weight excluding hydrogens is 400 g/mol. The molecule has 0 radical (unpaired) electrons. The van der Waals surface area contributed by atoms with Gasteiger partial charge in [0.15, 0.2) is 11.5 Å². The van der Waals surface area contributed by atoms with Gasteiger partial charge in [-0.15, -0.1) is 0 Å². The Morgan fingerprint density at radius 1 is 1.27 bits per heavy atom. The predicted octanol–water partition coefficient (Wildman–Crippen LogP) is 3.82. The molecule has 2 unspecified atom stereocenters. The third kappa shape index (κ3) is 4.42. The normalized spacial score (nSPS) is 19.7. The van der Waals surface area contributed by atoms with Crippen LogP contribution in [0.2, 0.25) is 0 Å². The smallest absolute Gasteiger partial charge is 0.231 e. The minimum atomic E-state index is -0.583. The second kappa shape index (κ2) is 9.86. The van der Waals surface area contributed by atoms with Gasteiger partial charge in [-0.3, -0.25) is 0 Å². The summed E-state index contributed by atoms with van der Waals surface area (Å²) in [5.41, 5.74) is 7.42. The number of H-pyrrole nitrogens is 1. The summed E-state index contributed by atoms with van der Waals surface area (Å²) < 4.78 is 10.8. The number of imidazole rings is 1. The fourth-order valence-corrected chi connectivity index (χ4v) is 4.12. The lowest BCUT2D eigenvalue weighted by Gasteiger charge is -2.18. The Hall–Kier alpha value is -3.43. The maximum absolute atomic E-state index is 9.92. The summed E-state index contributed by atoms with van der Waals surface area (Å²) in [6.45, 7) is 4.17. The van der Waals surface area contributed by atoms with Crippen LogP contribution >= 0.6 is 11.8 Å². The topological polar surface area (TPSA) is 133 Å². The number of fused-ring (bicyclic) bond motifs is 1. The Labute approximate surface area is 179 Å². The molecule has 4 rings (SSSR count). The number of nitrogens with zero attached hydrogens (tertiary/aromatic N) is 4. The van der Waals surface area contributed by atoms with E-state index in [0.29, 0.717) is 34.3 Å². The van der Waals surface area contributed by atoms with Crippen LogP contribution in [0.5, 0.6) is 11.5 Å². The number of aromatic amines is 1. The first-order chi connectivity index (χ1) is 14.7. The highest BCUT2D eigenvalue weighted by molar-refractivity contribution is 8.02. The van der Waals surface area contributed by atoms with E-state index < -0.39 is 5.92 Å². The second-order valence-corrected chi connectivity index (χ2v) is 7.24. The molecule has 0 fully saturated rings. The molecule has 0 spiro atoms. The molecule has 30 heavy (non-hydrogen) atoms. The van der Waals surface area contributed by atoms with Gasteiger partial charge in [-0.2, -0.15) is 10.5 Å². The number of nitriles is 2. The van der Waals surface area contributed by atoms with Crippen molar-refractivity contribution in [3.05, 3.63) is 52.6 Å². The van der Waals surface area contributed by atoms with Crippen molar-refractivity contribution in [2.24, 2.45) is 16.6 Å². The molecule has 8 nitrogen and oxygen atoms in total. The van der Waals surface area contributed by atoms with Crippen molar-refractivity contribution < 1.29 is 9.47 Å². The Morgan fingerprint density at radius 3 is 2.77 bits per heavy atom. The number of allylic oxidation sites excluding steroid dienone is 1. The molecule has 9 heteroatoms. The number of thioether (sulfide) groups is 1. The first-order valence-electron chi connectivity index (χ1n) is 9.58. The molecule has 154 valence electrons. The molecule has 2 atom stereocenters. The van der Waals surface area contributed by atoms with Gasteiger partial charge in [-0.1, -0.05) is 31.7 Å². The van der Waals surface area contributed by atoms with Crippen LogP contribution in [0.3, 0.4) is 0 Å². The van der Waals surface area contributed by atoms with Crippen LogP contribution in [0.4, 0.5) is 0 Å². The van der Waals surface area contributed by atoms with Crippen molar-refractivity contribution in [1.82, 2.24) is 9.97 Å². The average Bonchev–Trinajstić information content (AvgIpc) is 3.44. The van der Waals surface area contributed by atoms with Crippen molar-refractivity contribution in [2.75, 3.05) is 6.79 Å². The van der Waals surface area contributed by atoms with E-state index in [9.17, 15) is 10.5 Å². The SMILES string of the molecule is CC.N#CC1=C(SCc2ncc[nH]2)N=C(N)C(C#N)CC1c1ccc2c(c1)OCO2. The Bertz CT molecular complexity index is 1030. The molecule has 0 bridgehead atoms. The molecule has 2 aromatic rings. The summed E-state index contributed by atoms with van der Waals surface area (Å²) in [5, 5.41) is 20.0. The van der Waals surface area contributed by atoms with E-state index in [4.69, 9.17) is 15.2 Å². The molecule has 2 aliphatic rings. The summed E-state index contributed by atoms with van der Waals surface area (Å²) in [6.07, 6.45) is 3.78. The number of nitrogens with two attached hydrogens (primary N) is 1. The predicted molar refractivity (Wildman–Crippen MR) is 115 cm³/mol. The Morgan fingerprint density at radius 2 is 2.07 bits per heavy atom. The standard InChI is InChI=1S/C19H16N6O2S.C2H6/c20-7-12-5-13(11-1-2-15-16(6-11)27-10-26-15)14(8-21)19(25-18(12)22)28-9-17-23-3-4-24-17;1-2/h1-4,6,12-13H,5,9-10H2,(H2,22,25)(H,23,24);1-2H3. The molecule has 3 N–H and O–H groups in total. The van der Waals surface area contributed by atoms with Crippen LogP contribution in [-0.4, -0.2) is 22.6 Å². The van der Waals surface area contributed by atoms with Gasteiger partial charge in [-0.25, -0.2) is 9.98 Å². The molecule has 3 heterocycles. The number of nitrogens with one attached hydrogen (secondary N) is 1. The molecule has 1 aromatic carbocycles. The lowest BCUT2D eigenvalue weighted by Crippen LogP contribution is -2.23.